The van der Waals surface area contributed by atoms with Gasteiger partial charge in [-0.3, -0.25) is 9.69 Å². The highest BCUT2D eigenvalue weighted by Crippen LogP contribution is 2.28. The third-order valence-corrected chi connectivity index (χ3v) is 4.15. The van der Waals surface area contributed by atoms with Crippen LogP contribution < -0.4 is 10.2 Å². The maximum absolute atomic E-state index is 12.6. The SMILES string of the molecule is CN(C(=O)CN1CCOCC1)c1ccccc1Nc1ccccc1.Cl. The summed E-state index contributed by atoms with van der Waals surface area (Å²) in [4.78, 5) is 16.5. The van der Waals surface area contributed by atoms with Crippen molar-refractivity contribution in [1.29, 1.82) is 0 Å². The van der Waals surface area contributed by atoms with E-state index in [4.69, 9.17) is 4.74 Å². The standard InChI is InChI=1S/C19H23N3O2.ClH/c1-21(19(23)15-22-11-13-24-14-12-22)18-10-6-5-9-17(18)20-16-7-3-2-4-8-16;/h2-10,20H,11-15H2,1H3;1H. The van der Waals surface area contributed by atoms with Gasteiger partial charge in [0.1, 0.15) is 0 Å². The molecule has 0 aromatic heterocycles. The van der Waals surface area contributed by atoms with Gasteiger partial charge in [-0.2, -0.15) is 0 Å². The molecule has 0 saturated carbocycles. The van der Waals surface area contributed by atoms with Gasteiger partial charge in [-0.25, -0.2) is 0 Å². The van der Waals surface area contributed by atoms with Crippen LogP contribution >= 0.6 is 12.4 Å². The zero-order chi connectivity index (χ0) is 16.8. The molecule has 0 atom stereocenters. The summed E-state index contributed by atoms with van der Waals surface area (Å²) >= 11 is 0. The Labute approximate surface area is 155 Å². The molecular formula is C19H24ClN3O2. The number of nitrogens with zero attached hydrogens (tertiary/aromatic N) is 2. The van der Waals surface area contributed by atoms with Gasteiger partial charge < -0.3 is 15.0 Å². The molecule has 0 spiro atoms. The van der Waals surface area contributed by atoms with Gasteiger partial charge in [0.15, 0.2) is 0 Å². The van der Waals surface area contributed by atoms with Crippen molar-refractivity contribution in [2.75, 3.05) is 50.1 Å². The smallest absolute Gasteiger partial charge is 0.240 e. The van der Waals surface area contributed by atoms with E-state index in [2.05, 4.69) is 10.2 Å². The first-order valence-corrected chi connectivity index (χ1v) is 8.22. The molecule has 134 valence electrons. The number of hydrogen-bond acceptors (Lipinski definition) is 4. The Morgan fingerprint density at radius 3 is 2.44 bits per heavy atom. The molecule has 1 saturated heterocycles. The van der Waals surface area contributed by atoms with Crippen LogP contribution in [0.15, 0.2) is 54.6 Å². The molecule has 1 aliphatic rings. The van der Waals surface area contributed by atoms with Crippen LogP contribution in [0.1, 0.15) is 0 Å². The quantitative estimate of drug-likeness (QED) is 0.888. The summed E-state index contributed by atoms with van der Waals surface area (Å²) in [6.07, 6.45) is 0. The highest BCUT2D eigenvalue weighted by Gasteiger charge is 2.19. The third kappa shape index (κ3) is 5.19. The van der Waals surface area contributed by atoms with E-state index in [1.165, 1.54) is 0 Å². The lowest BCUT2D eigenvalue weighted by Gasteiger charge is -2.28. The van der Waals surface area contributed by atoms with Crippen molar-refractivity contribution in [3.05, 3.63) is 54.6 Å². The molecule has 6 heteroatoms. The molecular weight excluding hydrogens is 338 g/mol. The highest BCUT2D eigenvalue weighted by atomic mass is 35.5. The van der Waals surface area contributed by atoms with Gasteiger partial charge in [0.2, 0.25) is 5.91 Å². The number of rotatable bonds is 5. The van der Waals surface area contributed by atoms with Crippen LogP contribution in [0.25, 0.3) is 0 Å². The van der Waals surface area contributed by atoms with E-state index in [1.54, 1.807) is 4.90 Å². The van der Waals surface area contributed by atoms with Crippen LogP contribution in [0.2, 0.25) is 0 Å². The Morgan fingerprint density at radius 2 is 1.72 bits per heavy atom. The summed E-state index contributed by atoms with van der Waals surface area (Å²) < 4.78 is 5.34. The van der Waals surface area contributed by atoms with Gasteiger partial charge in [-0.1, -0.05) is 30.3 Å². The van der Waals surface area contributed by atoms with E-state index < -0.39 is 0 Å². The van der Waals surface area contributed by atoms with Gasteiger partial charge >= 0.3 is 0 Å². The zero-order valence-corrected chi connectivity index (χ0v) is 15.2. The molecule has 3 rings (SSSR count). The second-order valence-corrected chi connectivity index (χ2v) is 5.85. The Balaban J connectivity index is 0.00000225. The lowest BCUT2D eigenvalue weighted by molar-refractivity contribution is -0.120. The second kappa shape index (κ2) is 9.42. The predicted octanol–water partition coefficient (Wildman–Crippen LogP) is 3.15. The average molecular weight is 362 g/mol. The maximum Gasteiger partial charge on any atom is 0.240 e. The Kier molecular flexibility index (Phi) is 7.25. The molecule has 1 aliphatic heterocycles. The van der Waals surface area contributed by atoms with Crippen LogP contribution in [-0.2, 0) is 9.53 Å². The van der Waals surface area contributed by atoms with Crippen molar-refractivity contribution in [2.45, 2.75) is 0 Å². The highest BCUT2D eigenvalue weighted by molar-refractivity contribution is 5.97. The molecule has 2 aromatic carbocycles. The van der Waals surface area contributed by atoms with E-state index in [1.807, 2.05) is 61.6 Å². The fraction of sp³-hybridized carbons (Fsp3) is 0.316. The fourth-order valence-corrected chi connectivity index (χ4v) is 2.74. The number of para-hydroxylation sites is 3. The van der Waals surface area contributed by atoms with Crippen molar-refractivity contribution in [1.82, 2.24) is 4.90 Å². The van der Waals surface area contributed by atoms with Crippen molar-refractivity contribution in [2.24, 2.45) is 0 Å². The maximum atomic E-state index is 12.6. The number of carbonyl (C=O) groups excluding carboxylic acids is 1. The number of ether oxygens (including phenoxy) is 1. The monoisotopic (exact) mass is 361 g/mol. The molecule has 0 aliphatic carbocycles. The third-order valence-electron chi connectivity index (χ3n) is 4.15. The summed E-state index contributed by atoms with van der Waals surface area (Å²) in [5.41, 5.74) is 2.79. The van der Waals surface area contributed by atoms with E-state index in [9.17, 15) is 4.79 Å². The minimum absolute atomic E-state index is 0. The number of likely N-dealkylation sites (N-methyl/N-ethyl adjacent to an activating group) is 1. The molecule has 0 radical (unpaired) electrons. The molecule has 0 bridgehead atoms. The number of hydrogen-bond donors (Lipinski definition) is 1. The van der Waals surface area contributed by atoms with Crippen LogP contribution in [-0.4, -0.2) is 50.7 Å². The first kappa shape index (κ1) is 19.2. The van der Waals surface area contributed by atoms with Crippen molar-refractivity contribution < 1.29 is 9.53 Å². The Hall–Kier alpha value is -2.08. The number of morpholine rings is 1. The van der Waals surface area contributed by atoms with Gasteiger partial charge in [-0.05, 0) is 24.3 Å². The molecule has 5 nitrogen and oxygen atoms in total. The first-order valence-electron chi connectivity index (χ1n) is 8.22. The zero-order valence-electron chi connectivity index (χ0n) is 14.4. The fourth-order valence-electron chi connectivity index (χ4n) is 2.74. The average Bonchev–Trinajstić information content (AvgIpc) is 2.63. The lowest BCUT2D eigenvalue weighted by Crippen LogP contribution is -2.43. The summed E-state index contributed by atoms with van der Waals surface area (Å²) in [6, 6.07) is 17.8. The molecule has 1 fully saturated rings. The summed E-state index contributed by atoms with van der Waals surface area (Å²) in [7, 11) is 1.83. The number of benzene rings is 2. The van der Waals surface area contributed by atoms with E-state index >= 15 is 0 Å². The number of amides is 1. The van der Waals surface area contributed by atoms with E-state index in [-0.39, 0.29) is 18.3 Å². The second-order valence-electron chi connectivity index (χ2n) is 5.85. The minimum atomic E-state index is 0. The molecule has 0 unspecified atom stereocenters. The van der Waals surface area contributed by atoms with Gasteiger partial charge in [0, 0.05) is 25.8 Å². The Morgan fingerprint density at radius 1 is 1.08 bits per heavy atom. The molecule has 25 heavy (non-hydrogen) atoms. The van der Waals surface area contributed by atoms with E-state index in [0.29, 0.717) is 19.8 Å². The number of halogens is 1. The lowest BCUT2D eigenvalue weighted by atomic mass is 10.2. The molecule has 1 heterocycles. The Bertz CT molecular complexity index is 675. The number of nitrogens with one attached hydrogen (secondary N) is 1. The predicted molar refractivity (Wildman–Crippen MR) is 104 cm³/mol. The van der Waals surface area contributed by atoms with Crippen LogP contribution in [0.3, 0.4) is 0 Å². The molecule has 1 N–H and O–H groups in total. The van der Waals surface area contributed by atoms with Gasteiger partial charge in [0.25, 0.3) is 0 Å². The van der Waals surface area contributed by atoms with Gasteiger partial charge in [0.05, 0.1) is 31.1 Å². The van der Waals surface area contributed by atoms with Crippen molar-refractivity contribution >= 4 is 35.4 Å². The molecule has 1 amide bonds. The van der Waals surface area contributed by atoms with Crippen molar-refractivity contribution in [3.8, 4) is 0 Å². The minimum Gasteiger partial charge on any atom is -0.379 e. The van der Waals surface area contributed by atoms with Crippen LogP contribution in [0, 0.1) is 0 Å². The largest absolute Gasteiger partial charge is 0.379 e. The first-order chi connectivity index (χ1) is 11.7. The topological polar surface area (TPSA) is 44.8 Å². The van der Waals surface area contributed by atoms with Crippen molar-refractivity contribution in [3.63, 3.8) is 0 Å². The van der Waals surface area contributed by atoms with Crippen LogP contribution in [0.4, 0.5) is 17.1 Å². The summed E-state index contributed by atoms with van der Waals surface area (Å²) in [5, 5.41) is 3.38. The summed E-state index contributed by atoms with van der Waals surface area (Å²) in [5.74, 6) is 0.0826. The van der Waals surface area contributed by atoms with Crippen LogP contribution in [0.5, 0.6) is 0 Å². The number of anilines is 3. The van der Waals surface area contributed by atoms with E-state index in [0.717, 1.165) is 30.2 Å². The van der Waals surface area contributed by atoms with Gasteiger partial charge in [-0.15, -0.1) is 12.4 Å². The number of carbonyl (C=O) groups is 1. The summed E-state index contributed by atoms with van der Waals surface area (Å²) in [6.45, 7) is 3.43. The normalized spacial score (nSPS) is 14.4. The molecule has 2 aromatic rings.